The van der Waals surface area contributed by atoms with Crippen molar-refractivity contribution in [3.63, 3.8) is 0 Å². The summed E-state index contributed by atoms with van der Waals surface area (Å²) in [4.78, 5) is 2.47. The van der Waals surface area contributed by atoms with Gasteiger partial charge in [0, 0.05) is 43.0 Å². The van der Waals surface area contributed by atoms with Crippen LogP contribution in [0.15, 0.2) is 164 Å². The van der Waals surface area contributed by atoms with Crippen LogP contribution in [0.25, 0.3) is 64.0 Å². The second-order valence-electron chi connectivity index (χ2n) is 12.9. The lowest BCUT2D eigenvalue weighted by Gasteiger charge is -2.28. The summed E-state index contributed by atoms with van der Waals surface area (Å²) >= 11 is 1.87. The molecule has 0 radical (unpaired) electrons. The highest BCUT2D eigenvalue weighted by Gasteiger charge is 2.30. The van der Waals surface area contributed by atoms with Crippen LogP contribution >= 0.6 is 11.3 Å². The minimum atomic E-state index is 0.351. The zero-order valence-electron chi connectivity index (χ0n) is 26.5. The van der Waals surface area contributed by atoms with Crippen molar-refractivity contribution in [3.8, 4) is 22.3 Å². The molecule has 0 fully saturated rings. The lowest BCUT2D eigenvalue weighted by molar-refractivity contribution is 0.956. The van der Waals surface area contributed by atoms with E-state index < -0.39 is 0 Å². The first kappa shape index (κ1) is 27.4. The van der Waals surface area contributed by atoms with Crippen molar-refractivity contribution in [3.05, 3.63) is 175 Å². The van der Waals surface area contributed by atoms with Crippen LogP contribution in [0, 0.1) is 0 Å². The molecule has 10 rings (SSSR count). The number of nitrogens with zero attached hydrogens (tertiary/aromatic N) is 1. The molecule has 2 heteroatoms. The normalized spacial score (nSPS) is 13.7. The number of rotatable bonds is 4. The van der Waals surface area contributed by atoms with E-state index in [0.29, 0.717) is 5.92 Å². The molecule has 226 valence electrons. The molecule has 1 aromatic heterocycles. The van der Waals surface area contributed by atoms with Crippen LogP contribution in [0.2, 0.25) is 0 Å². The van der Waals surface area contributed by atoms with Gasteiger partial charge in [-0.05, 0) is 97.9 Å². The molecule has 0 bridgehead atoms. The van der Waals surface area contributed by atoms with Gasteiger partial charge < -0.3 is 4.90 Å². The third kappa shape index (κ3) is 4.16. The predicted molar refractivity (Wildman–Crippen MR) is 207 cm³/mol. The van der Waals surface area contributed by atoms with Gasteiger partial charge in [0.25, 0.3) is 0 Å². The Morgan fingerprint density at radius 1 is 0.458 bits per heavy atom. The molecule has 0 saturated carbocycles. The van der Waals surface area contributed by atoms with Crippen LogP contribution in [0.1, 0.15) is 24.0 Å². The molecule has 1 unspecified atom stereocenters. The molecular formula is C46H31NS. The van der Waals surface area contributed by atoms with Gasteiger partial charge in [0.1, 0.15) is 0 Å². The van der Waals surface area contributed by atoms with Crippen LogP contribution < -0.4 is 4.90 Å². The molecular weight excluding hydrogens is 599 g/mol. The number of fused-ring (bicyclic) bond motifs is 9. The Morgan fingerprint density at radius 3 is 2.02 bits per heavy atom. The lowest BCUT2D eigenvalue weighted by Crippen LogP contribution is -2.11. The number of thiophene rings is 1. The maximum atomic E-state index is 2.47. The maximum absolute atomic E-state index is 2.47. The summed E-state index contributed by atoms with van der Waals surface area (Å²) in [7, 11) is 0. The molecule has 48 heavy (non-hydrogen) atoms. The molecule has 1 nitrogen and oxygen atoms in total. The zero-order chi connectivity index (χ0) is 31.8. The zero-order valence-corrected chi connectivity index (χ0v) is 27.3. The van der Waals surface area contributed by atoms with Gasteiger partial charge in [-0.1, -0.05) is 122 Å². The summed E-state index contributed by atoms with van der Waals surface area (Å²) in [5, 5.41) is 7.72. The Bertz CT molecular complexity index is 2700. The SMILES string of the molecule is CC1c2ccccc2-c2c1cccc2N(c1ccc(-c2ccc3sc4ccccc4c3c2)cc1)c1ccc2ccc3ccccc3c2c1. The van der Waals surface area contributed by atoms with Gasteiger partial charge in [0.2, 0.25) is 0 Å². The van der Waals surface area contributed by atoms with Crippen molar-refractivity contribution >= 4 is 70.1 Å². The van der Waals surface area contributed by atoms with Crippen LogP contribution in [0.3, 0.4) is 0 Å². The molecule has 0 amide bonds. The van der Waals surface area contributed by atoms with Gasteiger partial charge in [0.15, 0.2) is 0 Å². The minimum Gasteiger partial charge on any atom is -0.310 e. The van der Waals surface area contributed by atoms with Crippen molar-refractivity contribution < 1.29 is 0 Å². The Morgan fingerprint density at radius 2 is 1.12 bits per heavy atom. The Balaban J connectivity index is 1.16. The fraction of sp³-hybridized carbons (Fsp3) is 0.0435. The second-order valence-corrected chi connectivity index (χ2v) is 14.0. The van der Waals surface area contributed by atoms with E-state index in [4.69, 9.17) is 0 Å². The summed E-state index contributed by atoms with van der Waals surface area (Å²) in [6, 6.07) is 60.7. The van der Waals surface area contributed by atoms with Crippen LogP contribution in [0.4, 0.5) is 17.1 Å². The summed E-state index contributed by atoms with van der Waals surface area (Å²) in [5.74, 6) is 0.351. The molecule has 1 aliphatic carbocycles. The van der Waals surface area contributed by atoms with Gasteiger partial charge in [0.05, 0.1) is 5.69 Å². The van der Waals surface area contributed by atoms with E-state index in [0.717, 1.165) is 11.4 Å². The monoisotopic (exact) mass is 629 g/mol. The summed E-state index contributed by atoms with van der Waals surface area (Å²) < 4.78 is 2.67. The highest BCUT2D eigenvalue weighted by Crippen LogP contribution is 2.52. The molecule has 0 saturated heterocycles. The van der Waals surface area contributed by atoms with Crippen molar-refractivity contribution in [1.29, 1.82) is 0 Å². The van der Waals surface area contributed by atoms with E-state index in [-0.39, 0.29) is 0 Å². The van der Waals surface area contributed by atoms with Crippen LogP contribution in [-0.4, -0.2) is 0 Å². The van der Waals surface area contributed by atoms with E-state index in [1.807, 2.05) is 11.3 Å². The van der Waals surface area contributed by atoms with Crippen LogP contribution in [0.5, 0.6) is 0 Å². The fourth-order valence-corrected chi connectivity index (χ4v) is 9.02. The quantitative estimate of drug-likeness (QED) is 0.175. The first-order valence-corrected chi connectivity index (χ1v) is 17.5. The summed E-state index contributed by atoms with van der Waals surface area (Å²) in [6.07, 6.45) is 0. The van der Waals surface area contributed by atoms with E-state index in [9.17, 15) is 0 Å². The number of anilines is 3. The number of hydrogen-bond donors (Lipinski definition) is 0. The third-order valence-electron chi connectivity index (χ3n) is 10.3. The fourth-order valence-electron chi connectivity index (χ4n) is 7.93. The summed E-state index contributed by atoms with van der Waals surface area (Å²) in [6.45, 7) is 2.34. The van der Waals surface area contributed by atoms with Gasteiger partial charge >= 0.3 is 0 Å². The van der Waals surface area contributed by atoms with Crippen LogP contribution in [-0.2, 0) is 0 Å². The average Bonchev–Trinajstić information content (AvgIpc) is 3.67. The van der Waals surface area contributed by atoms with E-state index in [1.54, 1.807) is 0 Å². The first-order valence-electron chi connectivity index (χ1n) is 16.7. The molecule has 9 aromatic rings. The van der Waals surface area contributed by atoms with Gasteiger partial charge in [-0.25, -0.2) is 0 Å². The Labute approximate surface area is 284 Å². The molecule has 1 aliphatic rings. The topological polar surface area (TPSA) is 3.24 Å². The maximum Gasteiger partial charge on any atom is 0.0543 e. The second kappa shape index (κ2) is 10.7. The van der Waals surface area contributed by atoms with Crippen molar-refractivity contribution in [1.82, 2.24) is 0 Å². The van der Waals surface area contributed by atoms with E-state index in [2.05, 4.69) is 176 Å². The lowest BCUT2D eigenvalue weighted by atomic mass is 9.97. The smallest absolute Gasteiger partial charge is 0.0543 e. The molecule has 0 spiro atoms. The predicted octanol–water partition coefficient (Wildman–Crippen LogP) is 13.6. The average molecular weight is 630 g/mol. The number of hydrogen-bond acceptors (Lipinski definition) is 2. The standard InChI is InChI=1S/C46H31NS/c1-29-36-10-4-5-13-40(36)46-37(29)14-8-15-43(46)47(35-25-21-32-18-17-31-9-2-3-11-38(31)41(32)28-35)34-23-19-30(20-24-34)33-22-26-45-42(27-33)39-12-6-7-16-44(39)48-45/h2-29H,1H3. The van der Waals surface area contributed by atoms with E-state index >= 15 is 0 Å². The number of benzene rings is 8. The molecule has 0 aliphatic heterocycles. The highest BCUT2D eigenvalue weighted by molar-refractivity contribution is 7.25. The van der Waals surface area contributed by atoms with Gasteiger partial charge in [-0.3, -0.25) is 0 Å². The molecule has 1 heterocycles. The minimum absolute atomic E-state index is 0.351. The largest absolute Gasteiger partial charge is 0.310 e. The Kier molecular flexibility index (Phi) is 6.09. The van der Waals surface area contributed by atoms with Crippen molar-refractivity contribution in [2.45, 2.75) is 12.8 Å². The van der Waals surface area contributed by atoms with Crippen molar-refractivity contribution in [2.75, 3.05) is 4.90 Å². The molecule has 0 N–H and O–H groups in total. The van der Waals surface area contributed by atoms with E-state index in [1.165, 1.54) is 80.8 Å². The first-order chi connectivity index (χ1) is 23.7. The highest BCUT2D eigenvalue weighted by atomic mass is 32.1. The molecule has 1 atom stereocenters. The van der Waals surface area contributed by atoms with Gasteiger partial charge in [-0.15, -0.1) is 11.3 Å². The van der Waals surface area contributed by atoms with Crippen molar-refractivity contribution in [2.24, 2.45) is 0 Å². The Hall–Kier alpha value is -5.70. The van der Waals surface area contributed by atoms with Gasteiger partial charge in [-0.2, -0.15) is 0 Å². The molecule has 8 aromatic carbocycles. The third-order valence-corrected chi connectivity index (χ3v) is 11.5. The summed E-state index contributed by atoms with van der Waals surface area (Å²) in [5.41, 5.74) is 11.4.